The molecular formula is C50H68O22. The van der Waals surface area contributed by atoms with Crippen LogP contribution in [0.3, 0.4) is 0 Å². The van der Waals surface area contributed by atoms with Crippen LogP contribution in [0.5, 0.6) is 11.5 Å². The summed E-state index contributed by atoms with van der Waals surface area (Å²) in [7, 11) is 0. The normalized spacial score (nSPS) is 23.9. The van der Waals surface area contributed by atoms with E-state index in [1.54, 1.807) is 27.7 Å². The summed E-state index contributed by atoms with van der Waals surface area (Å²) in [5.41, 5.74) is 2.00. The SMILES string of the molecule is CC(=O)O[C@H]1[C@H](OC(=O)C(C)(C)CCCOc2cc(C)ccc2C)O[C@H](C(=O)O)[C@@H](O)[C@@H]1OC(C)=O.CC(=O)O[C@H]1[C@H](OC(=O)C(C)(C)CCCOc2cc(C)ccc2C)O[C@H](C(=O)O)[C@@H](OC(C)=O)[C@@H]1O. The van der Waals surface area contributed by atoms with Gasteiger partial charge in [-0.2, -0.15) is 0 Å². The molecule has 72 heavy (non-hydrogen) atoms. The molecule has 2 aromatic carbocycles. The van der Waals surface area contributed by atoms with Crippen molar-refractivity contribution >= 4 is 47.8 Å². The Bertz CT molecular complexity index is 2250. The van der Waals surface area contributed by atoms with Gasteiger partial charge in [0.15, 0.2) is 30.5 Å². The topological polar surface area (TPSA) is 310 Å². The van der Waals surface area contributed by atoms with Gasteiger partial charge >= 0.3 is 47.8 Å². The van der Waals surface area contributed by atoms with E-state index in [-0.39, 0.29) is 0 Å². The number of hydrogen-bond donors (Lipinski definition) is 4. The summed E-state index contributed by atoms with van der Waals surface area (Å²) >= 11 is 0. The second-order valence-corrected chi connectivity index (χ2v) is 18.8. The molecule has 2 aliphatic heterocycles. The van der Waals surface area contributed by atoms with Crippen LogP contribution in [-0.2, 0) is 76.3 Å². The van der Waals surface area contributed by atoms with Crippen molar-refractivity contribution in [1.29, 1.82) is 0 Å². The maximum Gasteiger partial charge on any atom is 0.337 e. The van der Waals surface area contributed by atoms with Gasteiger partial charge in [-0.15, -0.1) is 0 Å². The van der Waals surface area contributed by atoms with Crippen LogP contribution in [0.2, 0.25) is 0 Å². The maximum absolute atomic E-state index is 13.0. The van der Waals surface area contributed by atoms with Gasteiger partial charge in [0, 0.05) is 27.7 Å². The third-order valence-electron chi connectivity index (χ3n) is 11.4. The molecule has 2 aromatic rings. The number of aliphatic carboxylic acids is 2. The van der Waals surface area contributed by atoms with Gasteiger partial charge in [-0.25, -0.2) is 9.59 Å². The molecule has 22 heteroatoms. The van der Waals surface area contributed by atoms with Crippen molar-refractivity contribution in [3.8, 4) is 11.5 Å². The number of benzene rings is 2. The molecule has 2 aliphatic rings. The van der Waals surface area contributed by atoms with Crippen LogP contribution in [0.4, 0.5) is 0 Å². The van der Waals surface area contributed by atoms with Crippen molar-refractivity contribution in [2.45, 2.75) is 170 Å². The number of esters is 6. The predicted octanol–water partition coefficient (Wildman–Crippen LogP) is 4.13. The summed E-state index contributed by atoms with van der Waals surface area (Å²) in [6, 6.07) is 11.7. The predicted molar refractivity (Wildman–Crippen MR) is 248 cm³/mol. The van der Waals surface area contributed by atoms with E-state index in [2.05, 4.69) is 0 Å². The summed E-state index contributed by atoms with van der Waals surface area (Å²) in [6.45, 7) is 19.2. The highest BCUT2D eigenvalue weighted by molar-refractivity contribution is 5.78. The number of carboxylic acids is 2. The molecule has 2 saturated heterocycles. The lowest BCUT2D eigenvalue weighted by atomic mass is 9.88. The van der Waals surface area contributed by atoms with Gasteiger partial charge in [0.05, 0.1) is 24.0 Å². The Morgan fingerprint density at radius 2 is 0.861 bits per heavy atom. The number of aliphatic hydroxyl groups excluding tert-OH is 2. The lowest BCUT2D eigenvalue weighted by molar-refractivity contribution is -0.294. The van der Waals surface area contributed by atoms with Gasteiger partial charge < -0.3 is 67.8 Å². The Labute approximate surface area is 417 Å². The molecule has 4 rings (SSSR count). The zero-order valence-electron chi connectivity index (χ0n) is 42.6. The molecule has 22 nitrogen and oxygen atoms in total. The molecule has 0 amide bonds. The molecule has 400 valence electrons. The van der Waals surface area contributed by atoms with Crippen LogP contribution in [0.15, 0.2) is 36.4 Å². The van der Waals surface area contributed by atoms with Crippen LogP contribution in [0, 0.1) is 38.5 Å². The minimum atomic E-state index is -1.90. The second kappa shape index (κ2) is 26.4. The maximum atomic E-state index is 13.0. The quantitative estimate of drug-likeness (QED) is 0.0823. The Morgan fingerprint density at radius 1 is 0.500 bits per heavy atom. The lowest BCUT2D eigenvalue weighted by Crippen LogP contribution is -2.63. The van der Waals surface area contributed by atoms with Gasteiger partial charge in [0.2, 0.25) is 18.7 Å². The highest BCUT2D eigenvalue weighted by atomic mass is 16.8. The van der Waals surface area contributed by atoms with Gasteiger partial charge in [-0.3, -0.25) is 28.8 Å². The molecule has 2 fully saturated rings. The Hall–Kier alpha value is -6.36. The third-order valence-corrected chi connectivity index (χ3v) is 11.4. The standard InChI is InChI=1S/2C25H34O11/c1-13-8-9-14(2)17(12-13)32-11-7-10-25(5,6)24(31)36-23-20(34-16(4)27)18(28)19(33-15(3)26)21(35-23)22(29)30;1-13-8-9-14(2)17(12-13)32-11-7-10-25(5,6)24(31)36-23-21(34-16(4)27)19(33-15(3)26)18(28)20(35-23)22(29)30/h2*8-9,12,18-21,23,28H,7,10-11H2,1-6H3,(H,29,30)/t18-,19-,20+,21-,23-;18-,19-,20-,21+,23-/m00/s1. The molecule has 0 unspecified atom stereocenters. The average Bonchev–Trinajstić information content (AvgIpc) is 3.27. The van der Waals surface area contributed by atoms with E-state index in [0.29, 0.717) is 38.9 Å². The summed E-state index contributed by atoms with van der Waals surface area (Å²) in [6.07, 6.45) is -15.7. The molecule has 0 spiro atoms. The van der Waals surface area contributed by atoms with E-state index in [1.807, 2.05) is 64.1 Å². The van der Waals surface area contributed by atoms with E-state index < -0.39 is 120 Å². The number of carbonyl (C=O) groups is 8. The molecule has 0 aliphatic carbocycles. The van der Waals surface area contributed by atoms with Crippen LogP contribution in [0.1, 0.15) is 103 Å². The lowest BCUT2D eigenvalue weighted by Gasteiger charge is -2.41. The van der Waals surface area contributed by atoms with Gasteiger partial charge in [0.25, 0.3) is 0 Å². The van der Waals surface area contributed by atoms with Crippen molar-refractivity contribution in [3.63, 3.8) is 0 Å². The van der Waals surface area contributed by atoms with E-state index in [4.69, 9.17) is 47.4 Å². The highest BCUT2D eigenvalue weighted by Gasteiger charge is 2.55. The molecule has 0 saturated carbocycles. The minimum Gasteiger partial charge on any atom is -0.493 e. The van der Waals surface area contributed by atoms with Gasteiger partial charge in [0.1, 0.15) is 23.7 Å². The second-order valence-electron chi connectivity index (χ2n) is 18.8. The number of hydrogen-bond acceptors (Lipinski definition) is 20. The summed E-state index contributed by atoms with van der Waals surface area (Å²) in [5, 5.41) is 40.0. The number of aryl methyl sites for hydroxylation is 4. The molecule has 0 aromatic heterocycles. The van der Waals surface area contributed by atoms with Crippen LogP contribution >= 0.6 is 0 Å². The molecule has 0 radical (unpaired) electrons. The number of carboxylic acid groups (broad SMARTS) is 2. The Kier molecular flexibility index (Phi) is 22.0. The molecular weight excluding hydrogens is 953 g/mol. The average molecular weight is 1020 g/mol. The summed E-state index contributed by atoms with van der Waals surface area (Å²) in [5.74, 6) is -6.59. The molecule has 4 N–H and O–H groups in total. The Balaban J connectivity index is 0.000000380. The van der Waals surface area contributed by atoms with E-state index in [9.17, 15) is 58.8 Å². The monoisotopic (exact) mass is 1020 g/mol. The third kappa shape index (κ3) is 17.4. The largest absolute Gasteiger partial charge is 0.493 e. The molecule has 0 bridgehead atoms. The van der Waals surface area contributed by atoms with Crippen molar-refractivity contribution < 1.29 is 106 Å². The fourth-order valence-electron chi connectivity index (χ4n) is 7.38. The van der Waals surface area contributed by atoms with Crippen LogP contribution in [0.25, 0.3) is 0 Å². The van der Waals surface area contributed by atoms with E-state index in [1.165, 1.54) is 0 Å². The zero-order chi connectivity index (χ0) is 54.4. The number of rotatable bonds is 20. The van der Waals surface area contributed by atoms with Gasteiger partial charge in [-0.05, 0) is 115 Å². The first-order valence-electron chi connectivity index (χ1n) is 23.1. The smallest absolute Gasteiger partial charge is 0.337 e. The van der Waals surface area contributed by atoms with E-state index >= 15 is 0 Å². The number of ether oxygens (including phenoxy) is 10. The van der Waals surface area contributed by atoms with Crippen molar-refractivity contribution in [2.75, 3.05) is 13.2 Å². The molecule has 2 heterocycles. The first-order valence-corrected chi connectivity index (χ1v) is 23.1. The number of carbonyl (C=O) groups excluding carboxylic acids is 6. The fraction of sp³-hybridized carbons (Fsp3) is 0.600. The highest BCUT2D eigenvalue weighted by Crippen LogP contribution is 2.34. The van der Waals surface area contributed by atoms with Crippen molar-refractivity contribution in [2.24, 2.45) is 10.8 Å². The summed E-state index contributed by atoms with van der Waals surface area (Å²) in [4.78, 5) is 95.5. The number of aliphatic hydroxyl groups is 2. The minimum absolute atomic E-state index is 0.346. The zero-order valence-corrected chi connectivity index (χ0v) is 42.6. The van der Waals surface area contributed by atoms with Gasteiger partial charge in [-0.1, -0.05) is 24.3 Å². The first kappa shape index (κ1) is 59.9. The molecule has 10 atom stereocenters. The van der Waals surface area contributed by atoms with E-state index in [0.717, 1.165) is 61.4 Å². The first-order chi connectivity index (χ1) is 33.4. The van der Waals surface area contributed by atoms with Crippen molar-refractivity contribution in [3.05, 3.63) is 58.7 Å². The van der Waals surface area contributed by atoms with Crippen LogP contribution in [-0.4, -0.2) is 143 Å². The Morgan fingerprint density at radius 3 is 1.26 bits per heavy atom. The summed E-state index contributed by atoms with van der Waals surface area (Å²) < 4.78 is 53.1. The fourth-order valence-corrected chi connectivity index (χ4v) is 7.38. The van der Waals surface area contributed by atoms with Crippen molar-refractivity contribution in [1.82, 2.24) is 0 Å². The van der Waals surface area contributed by atoms with Crippen LogP contribution < -0.4 is 9.47 Å².